The van der Waals surface area contributed by atoms with E-state index in [1.54, 1.807) is 0 Å². The molecule has 2 rings (SSSR count). The fourth-order valence-electron chi connectivity index (χ4n) is 3.36. The van der Waals surface area contributed by atoms with Crippen LogP contribution in [0.4, 0.5) is 0 Å². The van der Waals surface area contributed by atoms with Crippen LogP contribution in [0.15, 0.2) is 0 Å². The van der Waals surface area contributed by atoms with Gasteiger partial charge in [-0.2, -0.15) is 0 Å². The van der Waals surface area contributed by atoms with Crippen molar-refractivity contribution >= 4 is 0 Å². The lowest BCUT2D eigenvalue weighted by Gasteiger charge is -2.20. The van der Waals surface area contributed by atoms with Gasteiger partial charge in [0.25, 0.3) is 0 Å². The lowest BCUT2D eigenvalue weighted by molar-refractivity contribution is 0.0955. The second kappa shape index (κ2) is 8.93. The number of ether oxygens (including phenoxy) is 2. The quantitative estimate of drug-likeness (QED) is 0.697. The van der Waals surface area contributed by atoms with Crippen LogP contribution in [0.5, 0.6) is 0 Å². The minimum atomic E-state index is 0.541. The van der Waals surface area contributed by atoms with Crippen molar-refractivity contribution in [3.8, 4) is 0 Å². The Labute approximate surface area is 118 Å². The van der Waals surface area contributed by atoms with Crippen molar-refractivity contribution in [3.05, 3.63) is 0 Å². The summed E-state index contributed by atoms with van der Waals surface area (Å²) in [5.74, 6) is 0. The fourth-order valence-corrected chi connectivity index (χ4v) is 3.36. The minimum Gasteiger partial charge on any atom is -0.378 e. The Morgan fingerprint density at radius 1 is 1.00 bits per heavy atom. The van der Waals surface area contributed by atoms with E-state index in [4.69, 9.17) is 9.47 Å². The van der Waals surface area contributed by atoms with Gasteiger partial charge in [-0.3, -0.25) is 0 Å². The van der Waals surface area contributed by atoms with E-state index in [0.29, 0.717) is 18.2 Å². The molecule has 2 aliphatic heterocycles. The zero-order valence-corrected chi connectivity index (χ0v) is 12.5. The molecule has 0 aromatic rings. The predicted octanol–water partition coefficient (Wildman–Crippen LogP) is 3.27. The van der Waals surface area contributed by atoms with Gasteiger partial charge in [-0.05, 0) is 64.3 Å². The zero-order valence-electron chi connectivity index (χ0n) is 12.5. The van der Waals surface area contributed by atoms with Crippen molar-refractivity contribution in [2.45, 2.75) is 83.0 Å². The summed E-state index contributed by atoms with van der Waals surface area (Å²) < 4.78 is 11.4. The lowest BCUT2D eigenvalue weighted by atomic mass is 9.99. The van der Waals surface area contributed by atoms with Gasteiger partial charge >= 0.3 is 0 Å². The smallest absolute Gasteiger partial charge is 0.0576 e. The predicted molar refractivity (Wildman–Crippen MR) is 78.5 cm³/mol. The summed E-state index contributed by atoms with van der Waals surface area (Å²) in [6.45, 7) is 5.26. The molecule has 0 amide bonds. The van der Waals surface area contributed by atoms with Gasteiger partial charge in [-0.15, -0.1) is 0 Å². The maximum atomic E-state index is 5.72. The molecule has 2 aliphatic rings. The van der Waals surface area contributed by atoms with Gasteiger partial charge in [0, 0.05) is 19.3 Å². The van der Waals surface area contributed by atoms with Gasteiger partial charge in [-0.25, -0.2) is 0 Å². The Hall–Kier alpha value is -0.120. The van der Waals surface area contributed by atoms with Crippen LogP contribution in [0.25, 0.3) is 0 Å². The van der Waals surface area contributed by atoms with E-state index in [1.807, 2.05) is 0 Å². The molecule has 0 radical (unpaired) electrons. The standard InChI is InChI=1S/C16H31NO2/c1-2-17-14(10-11-16-9-5-13-19-16)6-3-7-15-8-4-12-18-15/h14-17H,2-13H2,1H3. The molecule has 2 saturated heterocycles. The van der Waals surface area contributed by atoms with Gasteiger partial charge in [0.05, 0.1) is 12.2 Å². The van der Waals surface area contributed by atoms with Gasteiger partial charge < -0.3 is 14.8 Å². The number of rotatable bonds is 9. The van der Waals surface area contributed by atoms with Gasteiger partial charge in [0.15, 0.2) is 0 Å². The van der Waals surface area contributed by atoms with E-state index in [2.05, 4.69) is 12.2 Å². The molecular formula is C16H31NO2. The summed E-state index contributed by atoms with van der Waals surface area (Å²) in [6.07, 6.45) is 12.5. The van der Waals surface area contributed by atoms with Gasteiger partial charge in [-0.1, -0.05) is 6.92 Å². The van der Waals surface area contributed by atoms with Crippen molar-refractivity contribution in [1.29, 1.82) is 0 Å². The summed E-state index contributed by atoms with van der Waals surface area (Å²) in [5.41, 5.74) is 0. The number of hydrogen-bond donors (Lipinski definition) is 1. The summed E-state index contributed by atoms with van der Waals surface area (Å²) in [4.78, 5) is 0. The Bertz CT molecular complexity index is 223. The SMILES string of the molecule is CCNC(CCCC1CCCO1)CCC1CCCO1. The topological polar surface area (TPSA) is 30.5 Å². The summed E-state index contributed by atoms with van der Waals surface area (Å²) in [7, 11) is 0. The van der Waals surface area contributed by atoms with Crippen molar-refractivity contribution < 1.29 is 9.47 Å². The normalized spacial score (nSPS) is 28.9. The molecule has 3 nitrogen and oxygen atoms in total. The van der Waals surface area contributed by atoms with Crippen molar-refractivity contribution in [1.82, 2.24) is 5.32 Å². The highest BCUT2D eigenvalue weighted by atomic mass is 16.5. The molecule has 1 N–H and O–H groups in total. The molecule has 0 aliphatic carbocycles. The van der Waals surface area contributed by atoms with Crippen molar-refractivity contribution in [2.75, 3.05) is 19.8 Å². The summed E-state index contributed by atoms with van der Waals surface area (Å²) >= 11 is 0. The lowest BCUT2D eigenvalue weighted by Crippen LogP contribution is -2.30. The van der Waals surface area contributed by atoms with E-state index < -0.39 is 0 Å². The summed E-state index contributed by atoms with van der Waals surface area (Å²) in [6, 6.07) is 0.676. The van der Waals surface area contributed by atoms with Crippen LogP contribution in [-0.4, -0.2) is 38.0 Å². The molecular weight excluding hydrogens is 238 g/mol. The molecule has 3 unspecified atom stereocenters. The Kier molecular flexibility index (Phi) is 7.18. The molecule has 3 heteroatoms. The molecule has 0 saturated carbocycles. The molecule has 0 spiro atoms. The maximum Gasteiger partial charge on any atom is 0.0576 e. The fraction of sp³-hybridized carbons (Fsp3) is 1.00. The van der Waals surface area contributed by atoms with Gasteiger partial charge in [0.2, 0.25) is 0 Å². The van der Waals surface area contributed by atoms with Crippen LogP contribution in [0.1, 0.15) is 64.7 Å². The molecule has 0 aromatic heterocycles. The highest BCUT2D eigenvalue weighted by molar-refractivity contribution is 4.73. The first-order valence-electron chi connectivity index (χ1n) is 8.35. The van der Waals surface area contributed by atoms with E-state index >= 15 is 0 Å². The first kappa shape index (κ1) is 15.3. The summed E-state index contributed by atoms with van der Waals surface area (Å²) in [5, 5.41) is 3.64. The third-order valence-electron chi connectivity index (χ3n) is 4.46. The monoisotopic (exact) mass is 269 g/mol. The average molecular weight is 269 g/mol. The minimum absolute atomic E-state index is 0.541. The van der Waals surface area contributed by atoms with Crippen LogP contribution < -0.4 is 5.32 Å². The molecule has 2 fully saturated rings. The first-order chi connectivity index (χ1) is 9.38. The second-order valence-electron chi connectivity index (χ2n) is 6.03. The second-order valence-corrected chi connectivity index (χ2v) is 6.03. The molecule has 112 valence electrons. The van der Waals surface area contributed by atoms with Crippen LogP contribution in [-0.2, 0) is 9.47 Å². The Morgan fingerprint density at radius 2 is 1.68 bits per heavy atom. The highest BCUT2D eigenvalue weighted by Crippen LogP contribution is 2.21. The van der Waals surface area contributed by atoms with E-state index in [1.165, 1.54) is 57.8 Å². The average Bonchev–Trinajstić information content (AvgIpc) is 3.09. The van der Waals surface area contributed by atoms with Gasteiger partial charge in [0.1, 0.15) is 0 Å². The third-order valence-corrected chi connectivity index (χ3v) is 4.46. The first-order valence-corrected chi connectivity index (χ1v) is 8.35. The van der Waals surface area contributed by atoms with E-state index in [9.17, 15) is 0 Å². The van der Waals surface area contributed by atoms with Crippen LogP contribution in [0.2, 0.25) is 0 Å². The molecule has 0 aromatic carbocycles. The third kappa shape index (κ3) is 5.80. The van der Waals surface area contributed by atoms with Crippen LogP contribution >= 0.6 is 0 Å². The largest absolute Gasteiger partial charge is 0.378 e. The Balaban J connectivity index is 1.57. The molecule has 3 atom stereocenters. The molecule has 2 heterocycles. The number of nitrogens with one attached hydrogen (secondary N) is 1. The van der Waals surface area contributed by atoms with Crippen molar-refractivity contribution in [2.24, 2.45) is 0 Å². The van der Waals surface area contributed by atoms with E-state index in [0.717, 1.165) is 19.8 Å². The van der Waals surface area contributed by atoms with Crippen LogP contribution in [0, 0.1) is 0 Å². The number of hydrogen-bond acceptors (Lipinski definition) is 3. The van der Waals surface area contributed by atoms with Crippen molar-refractivity contribution in [3.63, 3.8) is 0 Å². The van der Waals surface area contributed by atoms with E-state index in [-0.39, 0.29) is 0 Å². The Morgan fingerprint density at radius 3 is 2.26 bits per heavy atom. The zero-order chi connectivity index (χ0) is 13.3. The molecule has 0 bridgehead atoms. The highest BCUT2D eigenvalue weighted by Gasteiger charge is 2.19. The molecule has 19 heavy (non-hydrogen) atoms. The maximum absolute atomic E-state index is 5.72. The van der Waals surface area contributed by atoms with Crippen LogP contribution in [0.3, 0.4) is 0 Å².